The molecular formula is C24H21F2N3O2S. The van der Waals surface area contributed by atoms with Crippen molar-refractivity contribution >= 4 is 28.8 Å². The zero-order chi connectivity index (χ0) is 22.7. The minimum atomic E-state index is -0.838. The highest BCUT2D eigenvalue weighted by molar-refractivity contribution is 7.98. The standard InChI is InChI=1S/C24H21F2N3O2S/c1-3-31-23(30)16-9-10-20-19(12-16)28-24(29(20)13-18-6-4-5-11-27-18)32-14-17-8-7-15(2)21(25)22(17)26/h4-12H,3,13-14H2,1-2H3. The minimum absolute atomic E-state index is 0.208. The van der Waals surface area contributed by atoms with E-state index in [4.69, 9.17) is 4.74 Å². The summed E-state index contributed by atoms with van der Waals surface area (Å²) < 4.78 is 35.4. The van der Waals surface area contributed by atoms with Crippen LogP contribution >= 0.6 is 11.8 Å². The second-order valence-electron chi connectivity index (χ2n) is 7.18. The molecule has 2 aromatic heterocycles. The molecule has 0 fully saturated rings. The molecule has 0 radical (unpaired) electrons. The molecule has 0 aliphatic rings. The lowest BCUT2D eigenvalue weighted by Crippen LogP contribution is -2.05. The summed E-state index contributed by atoms with van der Waals surface area (Å²) in [7, 11) is 0. The third-order valence-electron chi connectivity index (χ3n) is 4.98. The van der Waals surface area contributed by atoms with Crippen molar-refractivity contribution in [2.45, 2.75) is 31.3 Å². The highest BCUT2D eigenvalue weighted by Crippen LogP contribution is 2.30. The van der Waals surface area contributed by atoms with Crippen LogP contribution in [0.5, 0.6) is 0 Å². The molecule has 0 aliphatic heterocycles. The van der Waals surface area contributed by atoms with Crippen LogP contribution in [0.4, 0.5) is 8.78 Å². The van der Waals surface area contributed by atoms with Gasteiger partial charge in [-0.15, -0.1) is 0 Å². The molecule has 164 valence electrons. The molecule has 0 saturated carbocycles. The first-order valence-electron chi connectivity index (χ1n) is 10.1. The summed E-state index contributed by atoms with van der Waals surface area (Å²) in [5.74, 6) is -1.88. The SMILES string of the molecule is CCOC(=O)c1ccc2c(c1)nc(SCc1ccc(C)c(F)c1F)n2Cc1ccccn1. The maximum Gasteiger partial charge on any atom is 0.338 e. The van der Waals surface area contributed by atoms with E-state index < -0.39 is 17.6 Å². The first-order valence-corrected chi connectivity index (χ1v) is 11.1. The highest BCUT2D eigenvalue weighted by Gasteiger charge is 2.17. The number of carbonyl (C=O) groups excluding carboxylic acids is 1. The number of hydrogen-bond acceptors (Lipinski definition) is 5. The first-order chi connectivity index (χ1) is 15.5. The molecule has 0 aliphatic carbocycles. The topological polar surface area (TPSA) is 57.0 Å². The van der Waals surface area contributed by atoms with Gasteiger partial charge in [-0.3, -0.25) is 4.98 Å². The van der Waals surface area contributed by atoms with Gasteiger partial charge in [-0.2, -0.15) is 0 Å². The lowest BCUT2D eigenvalue weighted by Gasteiger charge is -2.10. The van der Waals surface area contributed by atoms with Crippen molar-refractivity contribution in [3.8, 4) is 0 Å². The summed E-state index contributed by atoms with van der Waals surface area (Å²) in [5.41, 5.74) is 3.19. The molecule has 4 rings (SSSR count). The van der Waals surface area contributed by atoms with Gasteiger partial charge in [0.05, 0.1) is 35.4 Å². The number of imidazole rings is 1. The third kappa shape index (κ3) is 4.50. The van der Waals surface area contributed by atoms with Crippen molar-refractivity contribution in [1.29, 1.82) is 0 Å². The molecule has 0 N–H and O–H groups in total. The number of ether oxygens (including phenoxy) is 1. The largest absolute Gasteiger partial charge is 0.462 e. The fourth-order valence-electron chi connectivity index (χ4n) is 3.31. The third-order valence-corrected chi connectivity index (χ3v) is 6.01. The summed E-state index contributed by atoms with van der Waals surface area (Å²) in [6.07, 6.45) is 1.71. The van der Waals surface area contributed by atoms with Gasteiger partial charge < -0.3 is 9.30 Å². The average molecular weight is 454 g/mol. The number of fused-ring (bicyclic) bond motifs is 1. The normalized spacial score (nSPS) is 11.1. The molecule has 2 heterocycles. The lowest BCUT2D eigenvalue weighted by molar-refractivity contribution is 0.0526. The van der Waals surface area contributed by atoms with Gasteiger partial charge in [-0.1, -0.05) is 30.0 Å². The van der Waals surface area contributed by atoms with Crippen molar-refractivity contribution < 1.29 is 18.3 Å². The molecule has 0 unspecified atom stereocenters. The Hall–Kier alpha value is -3.26. The van der Waals surface area contributed by atoms with E-state index in [9.17, 15) is 13.6 Å². The summed E-state index contributed by atoms with van der Waals surface area (Å²) in [6.45, 7) is 4.01. The molecule has 0 amide bonds. The van der Waals surface area contributed by atoms with Crippen LogP contribution in [0.1, 0.15) is 34.1 Å². The number of carbonyl (C=O) groups is 1. The van der Waals surface area contributed by atoms with Crippen LogP contribution in [0.15, 0.2) is 59.9 Å². The Kier molecular flexibility index (Phi) is 6.50. The monoisotopic (exact) mass is 453 g/mol. The van der Waals surface area contributed by atoms with Gasteiger partial charge in [0.1, 0.15) is 0 Å². The van der Waals surface area contributed by atoms with E-state index in [0.29, 0.717) is 22.8 Å². The van der Waals surface area contributed by atoms with Gasteiger partial charge >= 0.3 is 5.97 Å². The Labute approximate surface area is 188 Å². The molecular weight excluding hydrogens is 432 g/mol. The van der Waals surface area contributed by atoms with E-state index in [-0.39, 0.29) is 23.5 Å². The second-order valence-corrected chi connectivity index (χ2v) is 8.13. The van der Waals surface area contributed by atoms with E-state index in [1.165, 1.54) is 18.7 Å². The first kappa shape index (κ1) is 22.0. The number of rotatable bonds is 7. The maximum atomic E-state index is 14.4. The number of benzene rings is 2. The van der Waals surface area contributed by atoms with Crippen LogP contribution in [0.25, 0.3) is 11.0 Å². The van der Waals surface area contributed by atoms with E-state index >= 15 is 0 Å². The number of aromatic nitrogens is 3. The van der Waals surface area contributed by atoms with Crippen LogP contribution in [0.2, 0.25) is 0 Å². The maximum absolute atomic E-state index is 14.4. The Bertz CT molecular complexity index is 1280. The fourth-order valence-corrected chi connectivity index (χ4v) is 4.29. The van der Waals surface area contributed by atoms with Crippen LogP contribution in [-0.4, -0.2) is 27.1 Å². The van der Waals surface area contributed by atoms with Gasteiger partial charge in [0.15, 0.2) is 16.8 Å². The van der Waals surface area contributed by atoms with E-state index in [2.05, 4.69) is 9.97 Å². The van der Waals surface area contributed by atoms with Crippen LogP contribution in [-0.2, 0) is 17.0 Å². The van der Waals surface area contributed by atoms with Crippen LogP contribution in [0.3, 0.4) is 0 Å². The Morgan fingerprint density at radius 2 is 1.97 bits per heavy atom. The molecule has 4 aromatic rings. The summed E-state index contributed by atoms with van der Waals surface area (Å²) in [5, 5.41) is 0.618. The molecule has 2 aromatic carbocycles. The van der Waals surface area contributed by atoms with Crippen molar-refractivity contribution in [2.24, 2.45) is 0 Å². The smallest absolute Gasteiger partial charge is 0.338 e. The number of thioether (sulfide) groups is 1. The summed E-state index contributed by atoms with van der Waals surface area (Å²) in [6, 6.07) is 14.0. The van der Waals surface area contributed by atoms with Gasteiger partial charge in [-0.25, -0.2) is 18.6 Å². The molecule has 5 nitrogen and oxygen atoms in total. The van der Waals surface area contributed by atoms with Crippen molar-refractivity contribution in [2.75, 3.05) is 6.61 Å². The number of hydrogen-bond donors (Lipinski definition) is 0. The Morgan fingerprint density at radius 1 is 1.12 bits per heavy atom. The number of pyridine rings is 1. The second kappa shape index (κ2) is 9.48. The van der Waals surface area contributed by atoms with Crippen LogP contribution in [0, 0.1) is 18.6 Å². The predicted molar refractivity (Wildman–Crippen MR) is 120 cm³/mol. The average Bonchev–Trinajstić information content (AvgIpc) is 3.14. The van der Waals surface area contributed by atoms with Crippen molar-refractivity contribution in [3.63, 3.8) is 0 Å². The van der Waals surface area contributed by atoms with Crippen molar-refractivity contribution in [1.82, 2.24) is 14.5 Å². The van der Waals surface area contributed by atoms with Gasteiger partial charge in [-0.05, 0) is 49.7 Å². The number of nitrogens with zero attached hydrogens (tertiary/aromatic N) is 3. The highest BCUT2D eigenvalue weighted by atomic mass is 32.2. The number of esters is 1. The fraction of sp³-hybridized carbons (Fsp3) is 0.208. The Balaban J connectivity index is 1.71. The van der Waals surface area contributed by atoms with Gasteiger partial charge in [0, 0.05) is 17.5 Å². The molecule has 0 bridgehead atoms. The molecule has 0 atom stereocenters. The van der Waals surface area contributed by atoms with E-state index in [1.807, 2.05) is 28.8 Å². The van der Waals surface area contributed by atoms with E-state index in [0.717, 1.165) is 11.2 Å². The molecule has 8 heteroatoms. The number of halogens is 2. The van der Waals surface area contributed by atoms with Gasteiger partial charge in [0.2, 0.25) is 0 Å². The van der Waals surface area contributed by atoms with Crippen LogP contribution < -0.4 is 0 Å². The predicted octanol–water partition coefficient (Wildman–Crippen LogP) is 5.54. The van der Waals surface area contributed by atoms with Gasteiger partial charge in [0.25, 0.3) is 0 Å². The number of aryl methyl sites for hydroxylation is 1. The molecule has 32 heavy (non-hydrogen) atoms. The lowest BCUT2D eigenvalue weighted by atomic mass is 10.1. The molecule has 0 saturated heterocycles. The summed E-state index contributed by atoms with van der Waals surface area (Å²) in [4.78, 5) is 21.2. The minimum Gasteiger partial charge on any atom is -0.462 e. The molecule has 0 spiro atoms. The zero-order valence-electron chi connectivity index (χ0n) is 17.6. The van der Waals surface area contributed by atoms with E-state index in [1.54, 1.807) is 37.4 Å². The Morgan fingerprint density at radius 3 is 2.72 bits per heavy atom. The van der Waals surface area contributed by atoms with Crippen molar-refractivity contribution in [3.05, 3.63) is 88.7 Å². The quantitative estimate of drug-likeness (QED) is 0.272. The zero-order valence-corrected chi connectivity index (χ0v) is 18.5. The summed E-state index contributed by atoms with van der Waals surface area (Å²) >= 11 is 1.30.